The Labute approximate surface area is 169 Å². The molecule has 1 aromatic carbocycles. The Morgan fingerprint density at radius 3 is 2.45 bits per heavy atom. The maximum Gasteiger partial charge on any atom is 0.325 e. The normalized spacial score (nSPS) is 20.1. The van der Waals surface area contributed by atoms with Gasteiger partial charge >= 0.3 is 6.03 Å². The lowest BCUT2D eigenvalue weighted by molar-refractivity contribution is -0.131. The van der Waals surface area contributed by atoms with Crippen LogP contribution in [0.1, 0.15) is 50.5 Å². The van der Waals surface area contributed by atoms with Crippen LogP contribution in [-0.4, -0.2) is 40.7 Å². The quantitative estimate of drug-likeness (QED) is 0.610. The minimum atomic E-state index is -0.732. The van der Waals surface area contributed by atoms with Gasteiger partial charge in [0.1, 0.15) is 5.54 Å². The zero-order valence-corrected chi connectivity index (χ0v) is 16.3. The molecular weight excluding hydrogens is 372 g/mol. The van der Waals surface area contributed by atoms with Crippen LogP contribution in [0.3, 0.4) is 0 Å². The second-order valence-corrected chi connectivity index (χ2v) is 8.16. The summed E-state index contributed by atoms with van der Waals surface area (Å²) in [6.07, 6.45) is 5.22. The van der Waals surface area contributed by atoms with Gasteiger partial charge in [0.05, 0.1) is 0 Å². The highest BCUT2D eigenvalue weighted by atomic mass is 16.2. The van der Waals surface area contributed by atoms with Gasteiger partial charge in [0.15, 0.2) is 0 Å². The Balaban J connectivity index is 1.21. The lowest BCUT2D eigenvalue weighted by Gasteiger charge is -2.19. The molecule has 1 aliphatic heterocycles. The first-order valence-corrected chi connectivity index (χ1v) is 10.3. The van der Waals surface area contributed by atoms with Gasteiger partial charge in [-0.1, -0.05) is 25.0 Å². The number of anilines is 1. The Morgan fingerprint density at radius 2 is 1.79 bits per heavy atom. The van der Waals surface area contributed by atoms with E-state index in [2.05, 4.69) is 16.0 Å². The van der Waals surface area contributed by atoms with Crippen molar-refractivity contribution in [1.29, 1.82) is 0 Å². The SMILES string of the molecule is O=C(CCN1C(=O)NC2(CCCC2)C1=O)NCc1ccc(NC(=O)C2CC2)cc1. The fraction of sp³-hybridized carbons (Fsp3) is 0.524. The number of nitrogens with one attached hydrogen (secondary N) is 3. The molecule has 4 rings (SSSR count). The number of amides is 5. The molecule has 8 nitrogen and oxygen atoms in total. The van der Waals surface area contributed by atoms with Crippen LogP contribution in [-0.2, 0) is 20.9 Å². The highest BCUT2D eigenvalue weighted by Gasteiger charge is 2.52. The summed E-state index contributed by atoms with van der Waals surface area (Å²) in [5.74, 6) is -0.200. The molecule has 2 aliphatic carbocycles. The van der Waals surface area contributed by atoms with Gasteiger partial charge in [-0.3, -0.25) is 19.3 Å². The van der Waals surface area contributed by atoms with Gasteiger partial charge in [0.25, 0.3) is 5.91 Å². The molecule has 1 aromatic rings. The molecule has 0 aromatic heterocycles. The fourth-order valence-electron chi connectivity index (χ4n) is 3.99. The van der Waals surface area contributed by atoms with Crippen molar-refractivity contribution in [2.24, 2.45) is 5.92 Å². The Morgan fingerprint density at radius 1 is 1.10 bits per heavy atom. The third-order valence-corrected chi connectivity index (χ3v) is 5.92. The predicted octanol–water partition coefficient (Wildman–Crippen LogP) is 1.91. The summed E-state index contributed by atoms with van der Waals surface area (Å²) in [5, 5.41) is 8.50. The summed E-state index contributed by atoms with van der Waals surface area (Å²) in [6.45, 7) is 0.435. The molecule has 29 heavy (non-hydrogen) atoms. The molecule has 8 heteroatoms. The number of rotatable bonds is 7. The number of carbonyl (C=O) groups is 4. The van der Waals surface area contributed by atoms with Crippen LogP contribution in [0.25, 0.3) is 0 Å². The number of nitrogens with zero attached hydrogens (tertiary/aromatic N) is 1. The lowest BCUT2D eigenvalue weighted by atomic mass is 9.98. The van der Waals surface area contributed by atoms with Gasteiger partial charge in [-0.15, -0.1) is 0 Å². The van der Waals surface area contributed by atoms with Crippen molar-refractivity contribution in [1.82, 2.24) is 15.5 Å². The van der Waals surface area contributed by atoms with Crippen molar-refractivity contribution in [3.05, 3.63) is 29.8 Å². The molecule has 0 bridgehead atoms. The topological polar surface area (TPSA) is 108 Å². The molecule has 0 unspecified atom stereocenters. The summed E-state index contributed by atoms with van der Waals surface area (Å²) in [6, 6.07) is 6.94. The highest BCUT2D eigenvalue weighted by molar-refractivity contribution is 6.07. The molecule has 3 N–H and O–H groups in total. The Bertz CT molecular complexity index is 826. The van der Waals surface area contributed by atoms with Gasteiger partial charge in [0.2, 0.25) is 11.8 Å². The molecule has 1 spiro atoms. The minimum Gasteiger partial charge on any atom is -0.352 e. The highest BCUT2D eigenvalue weighted by Crippen LogP contribution is 2.35. The van der Waals surface area contributed by atoms with E-state index in [4.69, 9.17) is 0 Å². The number of imide groups is 1. The smallest absolute Gasteiger partial charge is 0.325 e. The zero-order chi connectivity index (χ0) is 20.4. The molecule has 1 saturated heterocycles. The van der Waals surface area contributed by atoms with E-state index in [0.29, 0.717) is 19.4 Å². The van der Waals surface area contributed by atoms with Crippen molar-refractivity contribution in [2.45, 2.75) is 57.0 Å². The van der Waals surface area contributed by atoms with Crippen LogP contribution >= 0.6 is 0 Å². The van der Waals surface area contributed by atoms with E-state index in [1.165, 1.54) is 4.90 Å². The number of carbonyl (C=O) groups excluding carboxylic acids is 4. The molecule has 3 fully saturated rings. The van der Waals surface area contributed by atoms with E-state index in [0.717, 1.165) is 36.9 Å². The monoisotopic (exact) mass is 398 g/mol. The van der Waals surface area contributed by atoms with Gasteiger partial charge in [0, 0.05) is 31.1 Å². The van der Waals surface area contributed by atoms with Crippen LogP contribution in [0, 0.1) is 5.92 Å². The standard InChI is InChI=1S/C21H26N4O4/c26-17(9-12-25-19(28)21(24-20(25)29)10-1-2-11-21)22-13-14-3-7-16(8-4-14)23-18(27)15-5-6-15/h3-4,7-8,15H,1-2,5-6,9-13H2,(H,22,26)(H,23,27)(H,24,29). The number of urea groups is 1. The summed E-state index contributed by atoms with van der Waals surface area (Å²) in [4.78, 5) is 49.8. The van der Waals surface area contributed by atoms with Crippen molar-refractivity contribution in [2.75, 3.05) is 11.9 Å². The van der Waals surface area contributed by atoms with Crippen molar-refractivity contribution in [3.63, 3.8) is 0 Å². The Kier molecular flexibility index (Phi) is 5.25. The van der Waals surface area contributed by atoms with Crippen LogP contribution in [0.15, 0.2) is 24.3 Å². The number of hydrogen-bond donors (Lipinski definition) is 3. The van der Waals surface area contributed by atoms with Crippen LogP contribution < -0.4 is 16.0 Å². The summed E-state index contributed by atoms with van der Waals surface area (Å²) in [5.41, 5.74) is 0.920. The summed E-state index contributed by atoms with van der Waals surface area (Å²) in [7, 11) is 0. The summed E-state index contributed by atoms with van der Waals surface area (Å²) < 4.78 is 0. The second-order valence-electron chi connectivity index (χ2n) is 8.16. The first-order chi connectivity index (χ1) is 14.0. The molecule has 0 atom stereocenters. The third-order valence-electron chi connectivity index (χ3n) is 5.92. The average Bonchev–Trinajstić information content (AvgIpc) is 3.42. The van der Waals surface area contributed by atoms with Crippen molar-refractivity contribution in [3.8, 4) is 0 Å². The van der Waals surface area contributed by atoms with E-state index in [9.17, 15) is 19.2 Å². The predicted molar refractivity (Wildman–Crippen MR) is 106 cm³/mol. The first kappa shape index (κ1) is 19.4. The Hall–Kier alpha value is -2.90. The van der Waals surface area contributed by atoms with Gasteiger partial charge in [-0.2, -0.15) is 0 Å². The molecule has 1 heterocycles. The van der Waals surface area contributed by atoms with Gasteiger partial charge < -0.3 is 16.0 Å². The number of hydrogen-bond acceptors (Lipinski definition) is 4. The second kappa shape index (κ2) is 7.85. The fourth-order valence-corrected chi connectivity index (χ4v) is 3.99. The van der Waals surface area contributed by atoms with Crippen molar-refractivity contribution >= 4 is 29.4 Å². The van der Waals surface area contributed by atoms with E-state index in [1.54, 1.807) is 0 Å². The third kappa shape index (κ3) is 4.26. The largest absolute Gasteiger partial charge is 0.352 e. The van der Waals surface area contributed by atoms with Gasteiger partial charge in [-0.05, 0) is 43.4 Å². The van der Waals surface area contributed by atoms with E-state index in [1.807, 2.05) is 24.3 Å². The summed E-state index contributed by atoms with van der Waals surface area (Å²) >= 11 is 0. The first-order valence-electron chi connectivity index (χ1n) is 10.3. The van der Waals surface area contributed by atoms with E-state index >= 15 is 0 Å². The van der Waals surface area contributed by atoms with E-state index in [-0.39, 0.29) is 36.6 Å². The molecular formula is C21H26N4O4. The molecule has 154 valence electrons. The van der Waals surface area contributed by atoms with Crippen LogP contribution in [0.5, 0.6) is 0 Å². The molecule has 0 radical (unpaired) electrons. The maximum atomic E-state index is 12.6. The average molecular weight is 398 g/mol. The van der Waals surface area contributed by atoms with Crippen LogP contribution in [0.2, 0.25) is 0 Å². The lowest BCUT2D eigenvalue weighted by Crippen LogP contribution is -2.44. The minimum absolute atomic E-state index is 0.0610. The molecule has 5 amide bonds. The van der Waals surface area contributed by atoms with Crippen LogP contribution in [0.4, 0.5) is 10.5 Å². The van der Waals surface area contributed by atoms with Gasteiger partial charge in [-0.25, -0.2) is 4.79 Å². The maximum absolute atomic E-state index is 12.6. The molecule has 2 saturated carbocycles. The number of benzene rings is 1. The zero-order valence-electron chi connectivity index (χ0n) is 16.3. The molecule has 3 aliphatic rings. The van der Waals surface area contributed by atoms with Crippen molar-refractivity contribution < 1.29 is 19.2 Å². The van der Waals surface area contributed by atoms with E-state index < -0.39 is 11.6 Å².